The topological polar surface area (TPSA) is 21.3 Å². The van der Waals surface area contributed by atoms with Gasteiger partial charge in [-0.1, -0.05) is 12.7 Å². The average molecular weight is 99.1 g/mol. The van der Waals surface area contributed by atoms with E-state index in [4.69, 9.17) is 0 Å². The minimum absolute atomic E-state index is 0.506. The maximum Gasteiger partial charge on any atom is 0.0924 e. The molecule has 0 aromatic rings. The summed E-state index contributed by atoms with van der Waals surface area (Å²) in [4.78, 5) is 4.65. The molecule has 0 fully saturated rings. The number of hydroxylamine groups is 1. The lowest BCUT2D eigenvalue weighted by Gasteiger charge is -1.93. The largest absolute Gasteiger partial charge is 0.275 e. The molecule has 0 heterocycles. The van der Waals surface area contributed by atoms with Gasteiger partial charge in [0.05, 0.1) is 6.61 Å². The Morgan fingerprint density at radius 3 is 2.71 bits per heavy atom. The Morgan fingerprint density at radius 1 is 1.57 bits per heavy atom. The van der Waals surface area contributed by atoms with Crippen molar-refractivity contribution in [3.8, 4) is 0 Å². The molecule has 0 radical (unpaired) electrons. The molecule has 0 atom stereocenters. The first-order valence-electron chi connectivity index (χ1n) is 2.01. The van der Waals surface area contributed by atoms with E-state index in [1.54, 1.807) is 6.08 Å². The molecule has 0 saturated heterocycles. The van der Waals surface area contributed by atoms with Crippen LogP contribution < -0.4 is 5.48 Å². The molecule has 0 aromatic heterocycles. The van der Waals surface area contributed by atoms with Gasteiger partial charge in [0.1, 0.15) is 0 Å². The van der Waals surface area contributed by atoms with Crippen LogP contribution in [0.2, 0.25) is 0 Å². The summed E-state index contributed by atoms with van der Waals surface area (Å²) in [6, 6.07) is 0. The summed E-state index contributed by atoms with van der Waals surface area (Å²) < 4.78 is 0. The van der Waals surface area contributed by atoms with Gasteiger partial charge in [-0.3, -0.25) is 10.3 Å². The normalized spacial score (nSPS) is 7.43. The van der Waals surface area contributed by atoms with Crippen LogP contribution in [0.25, 0.3) is 0 Å². The van der Waals surface area contributed by atoms with Gasteiger partial charge < -0.3 is 0 Å². The zero-order valence-corrected chi connectivity index (χ0v) is 4.18. The molecule has 0 saturated carbocycles. The maximum atomic E-state index is 4.65. The monoisotopic (exact) mass is 99.1 g/mol. The lowest BCUT2D eigenvalue weighted by molar-refractivity contribution is 0.0960. The summed E-state index contributed by atoms with van der Waals surface area (Å²) >= 11 is 0. The van der Waals surface area contributed by atoms with E-state index in [9.17, 15) is 0 Å². The number of nitrogens with one attached hydrogen (secondary N) is 1. The van der Waals surface area contributed by atoms with Gasteiger partial charge in [-0.2, -0.15) is 0 Å². The van der Waals surface area contributed by atoms with Crippen LogP contribution in [0.1, 0.15) is 0 Å². The van der Waals surface area contributed by atoms with Crippen LogP contribution in [0.5, 0.6) is 0 Å². The average Bonchev–Trinajstić information content (AvgIpc) is 1.69. The van der Waals surface area contributed by atoms with Crippen LogP contribution >= 0.6 is 0 Å². The minimum Gasteiger partial charge on any atom is -0.275 e. The Labute approximate surface area is 43.4 Å². The highest BCUT2D eigenvalue weighted by Gasteiger charge is 1.67. The summed E-state index contributed by atoms with van der Waals surface area (Å²) in [5.41, 5.74) is 2.44. The van der Waals surface area contributed by atoms with Crippen LogP contribution in [0.3, 0.4) is 0 Å². The van der Waals surface area contributed by atoms with Crippen LogP contribution in [0, 0.1) is 0 Å². The third-order valence-electron chi connectivity index (χ3n) is 0.368. The predicted octanol–water partition coefficient (Wildman–Crippen LogP) is 0.837. The lowest BCUT2D eigenvalue weighted by atomic mass is 10.7. The van der Waals surface area contributed by atoms with Gasteiger partial charge in [0.2, 0.25) is 0 Å². The second kappa shape index (κ2) is 5.24. The summed E-state index contributed by atoms with van der Waals surface area (Å²) in [7, 11) is 0. The van der Waals surface area contributed by atoms with Crippen molar-refractivity contribution in [3.63, 3.8) is 0 Å². The Hall–Kier alpha value is -0.760. The number of rotatable bonds is 4. The maximum absolute atomic E-state index is 4.65. The molecule has 0 aromatic carbocycles. The van der Waals surface area contributed by atoms with Crippen molar-refractivity contribution in [2.45, 2.75) is 0 Å². The molecule has 40 valence electrons. The SMILES string of the molecule is C=CCONC=C. The second-order valence-corrected chi connectivity index (χ2v) is 0.922. The van der Waals surface area contributed by atoms with E-state index in [2.05, 4.69) is 23.5 Å². The van der Waals surface area contributed by atoms with Crippen molar-refractivity contribution < 1.29 is 4.84 Å². The first-order chi connectivity index (χ1) is 3.41. The van der Waals surface area contributed by atoms with Gasteiger partial charge >= 0.3 is 0 Å². The quantitative estimate of drug-likeness (QED) is 0.320. The van der Waals surface area contributed by atoms with Crippen LogP contribution in [0.4, 0.5) is 0 Å². The van der Waals surface area contributed by atoms with E-state index in [0.717, 1.165) is 0 Å². The first kappa shape index (κ1) is 6.24. The van der Waals surface area contributed by atoms with Gasteiger partial charge in [-0.05, 0) is 0 Å². The van der Waals surface area contributed by atoms with E-state index < -0.39 is 0 Å². The number of hydrogen-bond donors (Lipinski definition) is 1. The summed E-state index contributed by atoms with van der Waals surface area (Å²) in [5.74, 6) is 0. The van der Waals surface area contributed by atoms with E-state index in [0.29, 0.717) is 6.61 Å². The van der Waals surface area contributed by atoms with Crippen LogP contribution in [0.15, 0.2) is 25.4 Å². The Balaban J connectivity index is 2.68. The standard InChI is InChI=1S/C5H9NO/c1-3-5-7-6-4-2/h3-4,6H,1-2,5H2. The van der Waals surface area contributed by atoms with E-state index in [1.165, 1.54) is 6.20 Å². The summed E-state index contributed by atoms with van der Waals surface area (Å²) in [6.07, 6.45) is 3.11. The van der Waals surface area contributed by atoms with Gasteiger partial charge in [0.15, 0.2) is 0 Å². The zero-order valence-electron chi connectivity index (χ0n) is 4.18. The van der Waals surface area contributed by atoms with Gasteiger partial charge in [0.25, 0.3) is 0 Å². The fraction of sp³-hybridized carbons (Fsp3) is 0.200. The third-order valence-corrected chi connectivity index (χ3v) is 0.368. The van der Waals surface area contributed by atoms with Crippen LogP contribution in [-0.2, 0) is 4.84 Å². The molecule has 0 aliphatic carbocycles. The summed E-state index contributed by atoms with van der Waals surface area (Å²) in [5, 5.41) is 0. The van der Waals surface area contributed by atoms with E-state index in [-0.39, 0.29) is 0 Å². The molecule has 2 nitrogen and oxygen atoms in total. The first-order valence-corrected chi connectivity index (χ1v) is 2.01. The highest BCUT2D eigenvalue weighted by molar-refractivity contribution is 4.64. The highest BCUT2D eigenvalue weighted by Crippen LogP contribution is 1.64. The van der Waals surface area contributed by atoms with Crippen molar-refractivity contribution >= 4 is 0 Å². The molecule has 0 amide bonds. The molecule has 0 unspecified atom stereocenters. The van der Waals surface area contributed by atoms with Crippen molar-refractivity contribution in [1.82, 2.24) is 5.48 Å². The van der Waals surface area contributed by atoms with Crippen molar-refractivity contribution in [3.05, 3.63) is 25.4 Å². The van der Waals surface area contributed by atoms with E-state index >= 15 is 0 Å². The Morgan fingerprint density at radius 2 is 2.29 bits per heavy atom. The molecule has 0 rings (SSSR count). The smallest absolute Gasteiger partial charge is 0.0924 e. The molecule has 2 heteroatoms. The molecular weight excluding hydrogens is 90.1 g/mol. The Kier molecular flexibility index (Phi) is 4.67. The molecule has 0 bridgehead atoms. The molecule has 0 aliphatic heterocycles. The fourth-order valence-corrected chi connectivity index (χ4v) is 0.166. The van der Waals surface area contributed by atoms with Gasteiger partial charge in [0, 0.05) is 6.20 Å². The zero-order chi connectivity index (χ0) is 5.54. The second-order valence-electron chi connectivity index (χ2n) is 0.922. The van der Waals surface area contributed by atoms with Gasteiger partial charge in [-0.25, -0.2) is 0 Å². The van der Waals surface area contributed by atoms with Crippen molar-refractivity contribution in [1.29, 1.82) is 0 Å². The van der Waals surface area contributed by atoms with Gasteiger partial charge in [-0.15, -0.1) is 6.58 Å². The third kappa shape index (κ3) is 5.24. The molecule has 1 N–H and O–H groups in total. The highest BCUT2D eigenvalue weighted by atomic mass is 16.6. The van der Waals surface area contributed by atoms with Crippen molar-refractivity contribution in [2.75, 3.05) is 6.61 Å². The van der Waals surface area contributed by atoms with Crippen LogP contribution in [-0.4, -0.2) is 6.61 Å². The lowest BCUT2D eigenvalue weighted by Crippen LogP contribution is -2.04. The molecule has 0 aliphatic rings. The minimum atomic E-state index is 0.506. The summed E-state index contributed by atoms with van der Waals surface area (Å²) in [6.45, 7) is 7.30. The fourth-order valence-electron chi connectivity index (χ4n) is 0.166. The predicted molar refractivity (Wildman–Crippen MR) is 29.5 cm³/mol. The molecule has 0 spiro atoms. The van der Waals surface area contributed by atoms with E-state index in [1.807, 2.05) is 0 Å². The molecular formula is C5H9NO. The van der Waals surface area contributed by atoms with Crippen molar-refractivity contribution in [2.24, 2.45) is 0 Å². The Bertz CT molecular complexity index is 53.1. The molecule has 7 heavy (non-hydrogen) atoms. The number of hydrogen-bond acceptors (Lipinski definition) is 2.